The van der Waals surface area contributed by atoms with Crippen LogP contribution in [0, 0.1) is 6.92 Å². The SMILES string of the molecule is Cc1cc(C2=NSC(c3cc(Cl)cc(Cl)c3)(C(F)(F)F)C2)ccc1CC(C)N. The monoisotopic (exact) mass is 446 g/mol. The van der Waals surface area contributed by atoms with Crippen LogP contribution in [0.25, 0.3) is 0 Å². The highest BCUT2D eigenvalue weighted by atomic mass is 35.5. The first-order valence-corrected chi connectivity index (χ1v) is 10.2. The molecule has 1 aliphatic rings. The van der Waals surface area contributed by atoms with Gasteiger partial charge in [-0.25, -0.2) is 4.40 Å². The zero-order valence-electron chi connectivity index (χ0n) is 15.3. The molecular weight excluding hydrogens is 428 g/mol. The molecule has 2 aromatic rings. The quantitative estimate of drug-likeness (QED) is 0.544. The van der Waals surface area contributed by atoms with Crippen molar-refractivity contribution < 1.29 is 13.2 Å². The predicted octanol–water partition coefficient (Wildman–Crippen LogP) is 6.49. The van der Waals surface area contributed by atoms with E-state index >= 15 is 0 Å². The Balaban J connectivity index is 1.97. The van der Waals surface area contributed by atoms with Gasteiger partial charge in [-0.1, -0.05) is 35.3 Å². The number of nitrogens with zero attached hydrogens (tertiary/aromatic N) is 1. The Labute approximate surface area is 176 Å². The molecule has 0 spiro atoms. The summed E-state index contributed by atoms with van der Waals surface area (Å²) in [5.74, 6) is 0. The van der Waals surface area contributed by atoms with Crippen LogP contribution < -0.4 is 5.73 Å². The van der Waals surface area contributed by atoms with E-state index in [0.717, 1.165) is 11.1 Å². The number of halogens is 5. The number of nitrogens with two attached hydrogens (primary N) is 1. The summed E-state index contributed by atoms with van der Waals surface area (Å²) < 4.78 is 44.4. The summed E-state index contributed by atoms with van der Waals surface area (Å²) in [6.07, 6.45) is -4.11. The van der Waals surface area contributed by atoms with Crippen molar-refractivity contribution in [1.82, 2.24) is 0 Å². The summed E-state index contributed by atoms with van der Waals surface area (Å²) in [5, 5.41) is 0.326. The topological polar surface area (TPSA) is 38.4 Å². The van der Waals surface area contributed by atoms with Gasteiger partial charge in [0.15, 0.2) is 4.75 Å². The number of aryl methyl sites for hydroxylation is 1. The van der Waals surface area contributed by atoms with Gasteiger partial charge in [-0.3, -0.25) is 0 Å². The molecule has 0 saturated carbocycles. The molecule has 0 radical (unpaired) electrons. The third kappa shape index (κ3) is 4.20. The lowest BCUT2D eigenvalue weighted by molar-refractivity contribution is -0.159. The van der Waals surface area contributed by atoms with E-state index in [1.807, 2.05) is 32.0 Å². The standard InChI is InChI=1S/C20H19Cl2F3N2S/c1-11-5-14(4-3-13(11)6-12(2)26)18-10-19(28-27-18,20(23,24)25)15-7-16(21)9-17(22)8-15/h3-5,7-9,12H,6,10,26H2,1-2H3. The lowest BCUT2D eigenvalue weighted by Crippen LogP contribution is -2.38. The van der Waals surface area contributed by atoms with Crippen LogP contribution in [0.3, 0.4) is 0 Å². The normalized spacial score (nSPS) is 20.9. The van der Waals surface area contributed by atoms with Crippen molar-refractivity contribution in [2.24, 2.45) is 10.1 Å². The molecule has 2 N–H and O–H groups in total. The second-order valence-electron chi connectivity index (χ2n) is 7.11. The molecule has 3 rings (SSSR count). The van der Waals surface area contributed by atoms with Crippen molar-refractivity contribution in [1.29, 1.82) is 0 Å². The van der Waals surface area contributed by atoms with Gasteiger partial charge in [-0.15, -0.1) is 0 Å². The Kier molecular flexibility index (Phi) is 6.07. The fraction of sp³-hybridized carbons (Fsp3) is 0.350. The molecule has 0 aliphatic carbocycles. The summed E-state index contributed by atoms with van der Waals surface area (Å²) in [7, 11) is 0. The van der Waals surface area contributed by atoms with E-state index < -0.39 is 10.9 Å². The van der Waals surface area contributed by atoms with Gasteiger partial charge in [0.1, 0.15) is 0 Å². The molecule has 0 saturated heterocycles. The van der Waals surface area contributed by atoms with E-state index in [1.165, 1.54) is 18.2 Å². The highest BCUT2D eigenvalue weighted by Gasteiger charge is 2.60. The van der Waals surface area contributed by atoms with E-state index in [9.17, 15) is 13.2 Å². The molecule has 8 heteroatoms. The molecule has 2 unspecified atom stereocenters. The first-order chi connectivity index (χ1) is 13.0. The average molecular weight is 447 g/mol. The number of hydrogen-bond acceptors (Lipinski definition) is 3. The first kappa shape index (κ1) is 21.5. The molecule has 1 heterocycles. The van der Waals surface area contributed by atoms with Crippen molar-refractivity contribution in [2.75, 3.05) is 0 Å². The number of alkyl halides is 3. The summed E-state index contributed by atoms with van der Waals surface area (Å²) in [6.45, 7) is 3.84. The minimum atomic E-state index is -4.53. The van der Waals surface area contributed by atoms with E-state index in [4.69, 9.17) is 28.9 Å². The summed E-state index contributed by atoms with van der Waals surface area (Å²) in [5.41, 5.74) is 9.00. The smallest absolute Gasteiger partial charge is 0.328 e. The highest BCUT2D eigenvalue weighted by molar-refractivity contribution is 7.99. The Morgan fingerprint density at radius 3 is 2.36 bits per heavy atom. The summed E-state index contributed by atoms with van der Waals surface area (Å²) in [6, 6.07) is 9.63. The minimum Gasteiger partial charge on any atom is -0.328 e. The molecule has 0 bridgehead atoms. The van der Waals surface area contributed by atoms with Crippen LogP contribution in [0.5, 0.6) is 0 Å². The lowest BCUT2D eigenvalue weighted by Gasteiger charge is -2.30. The number of rotatable bonds is 4. The van der Waals surface area contributed by atoms with Gasteiger partial charge < -0.3 is 5.73 Å². The van der Waals surface area contributed by atoms with Gasteiger partial charge in [0.25, 0.3) is 0 Å². The predicted molar refractivity (Wildman–Crippen MR) is 111 cm³/mol. The van der Waals surface area contributed by atoms with E-state index in [2.05, 4.69) is 4.40 Å². The summed E-state index contributed by atoms with van der Waals surface area (Å²) in [4.78, 5) is 0. The molecule has 28 heavy (non-hydrogen) atoms. The Morgan fingerprint density at radius 1 is 1.18 bits per heavy atom. The minimum absolute atomic E-state index is 0.00606. The van der Waals surface area contributed by atoms with Gasteiger partial charge in [-0.05, 0) is 78.7 Å². The third-order valence-electron chi connectivity index (χ3n) is 4.73. The maximum Gasteiger partial charge on any atom is 0.409 e. The first-order valence-electron chi connectivity index (χ1n) is 8.65. The van der Waals surface area contributed by atoms with Crippen molar-refractivity contribution >= 4 is 40.9 Å². The van der Waals surface area contributed by atoms with Crippen LogP contribution >= 0.6 is 35.1 Å². The summed E-state index contributed by atoms with van der Waals surface area (Å²) >= 11 is 12.4. The van der Waals surface area contributed by atoms with E-state index in [-0.39, 0.29) is 28.1 Å². The van der Waals surface area contributed by atoms with Crippen LogP contribution in [0.2, 0.25) is 10.0 Å². The second-order valence-corrected chi connectivity index (χ2v) is 9.05. The lowest BCUT2D eigenvalue weighted by atomic mass is 9.88. The van der Waals surface area contributed by atoms with Crippen LogP contribution in [-0.4, -0.2) is 17.9 Å². The van der Waals surface area contributed by atoms with Gasteiger partial charge >= 0.3 is 6.18 Å². The Hall–Kier alpha value is -1.21. The molecule has 2 aromatic carbocycles. The molecule has 2 nitrogen and oxygen atoms in total. The molecule has 1 aliphatic heterocycles. The third-order valence-corrected chi connectivity index (χ3v) is 6.40. The Bertz CT molecular complexity index is 908. The van der Waals surface area contributed by atoms with Crippen LogP contribution in [0.15, 0.2) is 40.8 Å². The highest BCUT2D eigenvalue weighted by Crippen LogP contribution is 2.57. The number of benzene rings is 2. The zero-order valence-corrected chi connectivity index (χ0v) is 17.6. The fourth-order valence-corrected chi connectivity index (χ4v) is 4.79. The largest absolute Gasteiger partial charge is 0.409 e. The average Bonchev–Trinajstić information content (AvgIpc) is 3.02. The maximum atomic E-state index is 14.1. The molecule has 150 valence electrons. The van der Waals surface area contributed by atoms with Crippen molar-refractivity contribution in [2.45, 2.75) is 43.7 Å². The molecule has 2 atom stereocenters. The van der Waals surface area contributed by atoms with Crippen LogP contribution in [0.4, 0.5) is 13.2 Å². The second kappa shape index (κ2) is 7.90. The van der Waals surface area contributed by atoms with Gasteiger partial charge in [0.2, 0.25) is 0 Å². The molecule has 0 aromatic heterocycles. The fourth-order valence-electron chi connectivity index (χ4n) is 3.30. The van der Waals surface area contributed by atoms with Crippen molar-refractivity contribution in [3.63, 3.8) is 0 Å². The van der Waals surface area contributed by atoms with Gasteiger partial charge in [0.05, 0.1) is 5.71 Å². The molecule has 0 amide bonds. The molecular formula is C20H19Cl2F3N2S. The maximum absolute atomic E-state index is 14.1. The van der Waals surface area contributed by atoms with Crippen molar-refractivity contribution in [3.05, 3.63) is 68.7 Å². The molecule has 0 fully saturated rings. The van der Waals surface area contributed by atoms with Crippen LogP contribution in [-0.2, 0) is 11.2 Å². The zero-order chi connectivity index (χ0) is 20.7. The van der Waals surface area contributed by atoms with E-state index in [0.29, 0.717) is 29.6 Å². The van der Waals surface area contributed by atoms with Gasteiger partial charge in [0, 0.05) is 22.5 Å². The van der Waals surface area contributed by atoms with Crippen molar-refractivity contribution in [3.8, 4) is 0 Å². The number of hydrogen-bond donors (Lipinski definition) is 1. The Morgan fingerprint density at radius 2 is 1.82 bits per heavy atom. The van der Waals surface area contributed by atoms with Crippen LogP contribution in [0.1, 0.15) is 35.6 Å². The van der Waals surface area contributed by atoms with Gasteiger partial charge in [-0.2, -0.15) is 13.2 Å². The van der Waals surface area contributed by atoms with E-state index in [1.54, 1.807) is 0 Å².